The van der Waals surface area contributed by atoms with E-state index in [1.165, 1.54) is 0 Å². The first-order valence-corrected chi connectivity index (χ1v) is 5.35. The number of aromatic amines is 1. The molecule has 17 heavy (non-hydrogen) atoms. The average molecular weight is 240 g/mol. The Balaban J connectivity index is 2.63. The summed E-state index contributed by atoms with van der Waals surface area (Å²) in [5.74, 6) is -0.915. The van der Waals surface area contributed by atoms with Crippen LogP contribution in [-0.2, 0) is 20.7 Å². The molecule has 0 radical (unpaired) electrons. The van der Waals surface area contributed by atoms with Crippen LogP contribution in [0.3, 0.4) is 0 Å². The van der Waals surface area contributed by atoms with E-state index in [0.717, 1.165) is 5.56 Å². The lowest BCUT2D eigenvalue weighted by atomic mass is 10.2. The summed E-state index contributed by atoms with van der Waals surface area (Å²) in [7, 11) is 0. The van der Waals surface area contributed by atoms with E-state index in [-0.39, 0.29) is 6.61 Å². The second-order valence-corrected chi connectivity index (χ2v) is 3.34. The van der Waals surface area contributed by atoms with Gasteiger partial charge in [-0.2, -0.15) is 5.10 Å². The molecule has 1 heterocycles. The fraction of sp³-hybridized carbons (Fsp3) is 0.500. The zero-order valence-electron chi connectivity index (χ0n) is 9.82. The summed E-state index contributed by atoms with van der Waals surface area (Å²) in [4.78, 5) is 22.8. The summed E-state index contributed by atoms with van der Waals surface area (Å²) >= 11 is 0. The zero-order chi connectivity index (χ0) is 12.8. The van der Waals surface area contributed by atoms with E-state index in [4.69, 9.17) is 5.73 Å². The Morgan fingerprint density at radius 2 is 2.29 bits per heavy atom. The highest BCUT2D eigenvalue weighted by Crippen LogP contribution is 2.11. The molecule has 1 atom stereocenters. The van der Waals surface area contributed by atoms with Gasteiger partial charge in [0.1, 0.15) is 5.82 Å². The minimum Gasteiger partial charge on any atom is -0.464 e. The van der Waals surface area contributed by atoms with Gasteiger partial charge in [-0.25, -0.2) is 4.79 Å². The molecule has 0 aliphatic rings. The maximum Gasteiger partial charge on any atom is 0.332 e. The fourth-order valence-corrected chi connectivity index (χ4v) is 1.23. The number of hydrogen-bond acceptors (Lipinski definition) is 5. The lowest BCUT2D eigenvalue weighted by molar-refractivity contribution is -0.146. The van der Waals surface area contributed by atoms with Gasteiger partial charge in [-0.15, -0.1) is 0 Å². The number of amides is 1. The number of aromatic nitrogens is 2. The number of nitrogens with zero attached hydrogens (tertiary/aromatic N) is 1. The molecule has 0 saturated carbocycles. The molecule has 1 rings (SSSR count). The molecule has 0 fully saturated rings. The van der Waals surface area contributed by atoms with Crippen LogP contribution in [0.2, 0.25) is 0 Å². The van der Waals surface area contributed by atoms with E-state index >= 15 is 0 Å². The lowest BCUT2D eigenvalue weighted by Gasteiger charge is -2.10. The SMILES string of the molecule is CCOC(=O)C(N)C(=O)Nc1[nH]ncc1CC. The second kappa shape index (κ2) is 6.00. The number of aryl methyl sites for hydroxylation is 1. The molecule has 94 valence electrons. The molecule has 7 heteroatoms. The Labute approximate surface area is 98.7 Å². The molecule has 1 aromatic heterocycles. The number of nitrogens with two attached hydrogens (primary N) is 1. The standard InChI is InChI=1S/C10H16N4O3/c1-3-6-5-12-14-8(6)13-9(15)7(11)10(16)17-4-2/h5,7H,3-4,11H2,1-2H3,(H2,12,13,14,15). The third-order valence-corrected chi connectivity index (χ3v) is 2.17. The van der Waals surface area contributed by atoms with Gasteiger partial charge in [-0.3, -0.25) is 9.89 Å². The van der Waals surface area contributed by atoms with Crippen LogP contribution in [0.25, 0.3) is 0 Å². The van der Waals surface area contributed by atoms with Crippen LogP contribution in [-0.4, -0.2) is 34.7 Å². The van der Waals surface area contributed by atoms with Gasteiger partial charge in [-0.05, 0) is 13.3 Å². The molecule has 0 aromatic carbocycles. The Morgan fingerprint density at radius 3 is 2.88 bits per heavy atom. The topological polar surface area (TPSA) is 110 Å². The largest absolute Gasteiger partial charge is 0.464 e. The smallest absolute Gasteiger partial charge is 0.332 e. The van der Waals surface area contributed by atoms with Crippen LogP contribution in [0.1, 0.15) is 19.4 Å². The normalized spacial score (nSPS) is 11.9. The fourth-order valence-electron chi connectivity index (χ4n) is 1.23. The summed E-state index contributed by atoms with van der Waals surface area (Å²) in [6.07, 6.45) is 2.31. The first kappa shape index (κ1) is 13.2. The van der Waals surface area contributed by atoms with Crippen molar-refractivity contribution in [3.8, 4) is 0 Å². The number of ether oxygens (including phenoxy) is 1. The molecular formula is C10H16N4O3. The summed E-state index contributed by atoms with van der Waals surface area (Å²) in [6, 6.07) is -1.33. The van der Waals surface area contributed by atoms with Crippen molar-refractivity contribution in [2.75, 3.05) is 11.9 Å². The van der Waals surface area contributed by atoms with Crippen molar-refractivity contribution in [3.05, 3.63) is 11.8 Å². The molecule has 7 nitrogen and oxygen atoms in total. The molecule has 1 aromatic rings. The zero-order valence-corrected chi connectivity index (χ0v) is 9.82. The van der Waals surface area contributed by atoms with Crippen molar-refractivity contribution >= 4 is 17.7 Å². The predicted octanol–water partition coefficient (Wildman–Crippen LogP) is -0.199. The Bertz CT molecular complexity index is 402. The van der Waals surface area contributed by atoms with Crippen molar-refractivity contribution < 1.29 is 14.3 Å². The Hall–Kier alpha value is -1.89. The van der Waals surface area contributed by atoms with E-state index in [1.807, 2.05) is 6.92 Å². The third-order valence-electron chi connectivity index (χ3n) is 2.17. The van der Waals surface area contributed by atoms with Crippen molar-refractivity contribution in [2.45, 2.75) is 26.3 Å². The van der Waals surface area contributed by atoms with Gasteiger partial charge < -0.3 is 15.8 Å². The van der Waals surface area contributed by atoms with Crippen LogP contribution in [0, 0.1) is 0 Å². The van der Waals surface area contributed by atoms with Gasteiger partial charge in [0.2, 0.25) is 0 Å². The minimum atomic E-state index is -1.33. The highest BCUT2D eigenvalue weighted by Gasteiger charge is 2.24. The number of carbonyl (C=O) groups is 2. The number of H-pyrrole nitrogens is 1. The van der Waals surface area contributed by atoms with E-state index < -0.39 is 17.9 Å². The van der Waals surface area contributed by atoms with Gasteiger partial charge in [-0.1, -0.05) is 6.92 Å². The van der Waals surface area contributed by atoms with E-state index in [2.05, 4.69) is 20.3 Å². The minimum absolute atomic E-state index is 0.185. The van der Waals surface area contributed by atoms with E-state index in [0.29, 0.717) is 12.2 Å². The highest BCUT2D eigenvalue weighted by atomic mass is 16.5. The van der Waals surface area contributed by atoms with E-state index in [1.54, 1.807) is 13.1 Å². The van der Waals surface area contributed by atoms with Crippen molar-refractivity contribution in [1.29, 1.82) is 0 Å². The molecule has 4 N–H and O–H groups in total. The van der Waals surface area contributed by atoms with Crippen LogP contribution in [0.4, 0.5) is 5.82 Å². The number of rotatable bonds is 5. The van der Waals surface area contributed by atoms with Crippen LogP contribution in [0.15, 0.2) is 6.20 Å². The number of carbonyl (C=O) groups excluding carboxylic acids is 2. The molecule has 1 amide bonds. The maximum absolute atomic E-state index is 11.6. The first-order chi connectivity index (χ1) is 8.10. The average Bonchev–Trinajstić information content (AvgIpc) is 2.75. The van der Waals surface area contributed by atoms with Crippen LogP contribution >= 0.6 is 0 Å². The first-order valence-electron chi connectivity index (χ1n) is 5.35. The molecule has 1 unspecified atom stereocenters. The van der Waals surface area contributed by atoms with Gasteiger partial charge in [0.05, 0.1) is 12.8 Å². The highest BCUT2D eigenvalue weighted by molar-refractivity contribution is 6.07. The molecule has 0 spiro atoms. The number of nitrogens with one attached hydrogen (secondary N) is 2. The number of esters is 1. The summed E-state index contributed by atoms with van der Waals surface area (Å²) in [5.41, 5.74) is 6.28. The second-order valence-electron chi connectivity index (χ2n) is 3.34. The lowest BCUT2D eigenvalue weighted by Crippen LogP contribution is -2.43. The monoisotopic (exact) mass is 240 g/mol. The Kier molecular flexibility index (Phi) is 4.65. The van der Waals surface area contributed by atoms with Gasteiger partial charge in [0.15, 0.2) is 6.04 Å². The predicted molar refractivity (Wildman–Crippen MR) is 61.2 cm³/mol. The van der Waals surface area contributed by atoms with Crippen molar-refractivity contribution in [2.24, 2.45) is 5.73 Å². The summed E-state index contributed by atoms with van der Waals surface area (Å²) < 4.78 is 4.65. The van der Waals surface area contributed by atoms with Gasteiger partial charge in [0.25, 0.3) is 5.91 Å². The molecular weight excluding hydrogens is 224 g/mol. The molecule has 0 bridgehead atoms. The third kappa shape index (κ3) is 3.28. The number of anilines is 1. The molecule has 0 aliphatic heterocycles. The summed E-state index contributed by atoms with van der Waals surface area (Å²) in [6.45, 7) is 3.75. The Morgan fingerprint density at radius 1 is 1.59 bits per heavy atom. The maximum atomic E-state index is 11.6. The van der Waals surface area contributed by atoms with Crippen molar-refractivity contribution in [3.63, 3.8) is 0 Å². The van der Waals surface area contributed by atoms with Crippen molar-refractivity contribution in [1.82, 2.24) is 10.2 Å². The quantitative estimate of drug-likeness (QED) is 0.487. The summed E-state index contributed by atoms with van der Waals surface area (Å²) in [5, 5.41) is 8.91. The van der Waals surface area contributed by atoms with Gasteiger partial charge in [0, 0.05) is 5.56 Å². The number of hydrogen-bond donors (Lipinski definition) is 3. The molecule has 0 aliphatic carbocycles. The molecule has 0 saturated heterocycles. The van der Waals surface area contributed by atoms with E-state index in [9.17, 15) is 9.59 Å². The van der Waals surface area contributed by atoms with Crippen LogP contribution in [0.5, 0.6) is 0 Å². The van der Waals surface area contributed by atoms with Crippen LogP contribution < -0.4 is 11.1 Å². The van der Waals surface area contributed by atoms with Gasteiger partial charge >= 0.3 is 5.97 Å².